The molecule has 10 nitrogen and oxygen atoms in total. The number of nitrogens with zero attached hydrogens (tertiary/aromatic N) is 1. The number of H-pyrrole nitrogens is 1. The van der Waals surface area contributed by atoms with Crippen molar-refractivity contribution in [2.24, 2.45) is 5.73 Å². The van der Waals surface area contributed by atoms with Gasteiger partial charge in [0.1, 0.15) is 17.6 Å². The molecule has 0 aliphatic carbocycles. The Balaban J connectivity index is 1.57. The maximum absolute atomic E-state index is 12.5. The van der Waals surface area contributed by atoms with E-state index < -0.39 is 24.4 Å². The quantitative estimate of drug-likeness (QED) is 0.180. The van der Waals surface area contributed by atoms with Gasteiger partial charge in [-0.3, -0.25) is 19.8 Å². The topological polar surface area (TPSA) is 163 Å². The summed E-state index contributed by atoms with van der Waals surface area (Å²) in [6, 6.07) is 10.6. The van der Waals surface area contributed by atoms with E-state index in [2.05, 4.69) is 20.6 Å². The molecule has 2 atom stereocenters. The number of aromatic amines is 1. The fourth-order valence-corrected chi connectivity index (χ4v) is 3.34. The van der Waals surface area contributed by atoms with Crippen molar-refractivity contribution in [3.05, 3.63) is 60.2 Å². The number of ether oxygens (including phenoxy) is 1. The third-order valence-corrected chi connectivity index (χ3v) is 4.94. The molecule has 2 aromatic carbocycles. The van der Waals surface area contributed by atoms with Gasteiger partial charge in [-0.1, -0.05) is 24.3 Å². The molecule has 3 rings (SSSR count). The number of fused-ring (bicyclic) bond motifs is 1. The Kier molecular flexibility index (Phi) is 7.26. The van der Waals surface area contributed by atoms with E-state index in [1.165, 1.54) is 13.1 Å². The van der Waals surface area contributed by atoms with Crippen molar-refractivity contribution in [2.45, 2.75) is 25.7 Å². The monoisotopic (exact) mass is 451 g/mol. The molecule has 10 heteroatoms. The van der Waals surface area contributed by atoms with E-state index in [1.54, 1.807) is 18.3 Å². The number of nitrogen functional groups attached to an aromatic ring is 1. The van der Waals surface area contributed by atoms with E-state index in [9.17, 15) is 14.4 Å². The van der Waals surface area contributed by atoms with E-state index in [0.29, 0.717) is 17.1 Å². The lowest BCUT2D eigenvalue weighted by molar-refractivity contribution is -0.145. The Morgan fingerprint density at radius 2 is 1.91 bits per heavy atom. The van der Waals surface area contributed by atoms with E-state index in [-0.39, 0.29) is 31.1 Å². The van der Waals surface area contributed by atoms with Crippen molar-refractivity contribution < 1.29 is 20.5 Å². The highest BCUT2D eigenvalue weighted by atomic mass is 16.5. The molecule has 1 heterocycles. The SMILES string of the molecule is [2H]C(C)OC(=O)C(CNC(=O)CCC(=O)Nc1ccc(C(=N)N)c2ccccc12)c1ncc[nH]1. The number of carbonyl (C=O) groups excluding carboxylic acids is 3. The normalized spacial score (nSPS) is 12.9. The van der Waals surface area contributed by atoms with Crippen LogP contribution in [0.1, 0.15) is 38.4 Å². The fraction of sp³-hybridized carbons (Fsp3) is 0.261. The van der Waals surface area contributed by atoms with Crippen molar-refractivity contribution in [3.8, 4) is 0 Å². The van der Waals surface area contributed by atoms with Gasteiger partial charge in [-0.2, -0.15) is 0 Å². The molecular formula is C23H26N6O4. The Labute approximate surface area is 191 Å². The number of anilines is 1. The van der Waals surface area contributed by atoms with Crippen LogP contribution < -0.4 is 16.4 Å². The van der Waals surface area contributed by atoms with Crippen molar-refractivity contribution >= 4 is 40.1 Å². The van der Waals surface area contributed by atoms with Crippen LogP contribution in [0.15, 0.2) is 48.8 Å². The summed E-state index contributed by atoms with van der Waals surface area (Å²) in [6.45, 7) is 0.270. The largest absolute Gasteiger partial charge is 0.465 e. The maximum atomic E-state index is 12.5. The van der Waals surface area contributed by atoms with Gasteiger partial charge in [0.2, 0.25) is 11.8 Å². The summed E-state index contributed by atoms with van der Waals surface area (Å²) in [7, 11) is 0. The van der Waals surface area contributed by atoms with Crippen molar-refractivity contribution in [2.75, 3.05) is 18.4 Å². The Bertz CT molecular complexity index is 1200. The first-order valence-corrected chi connectivity index (χ1v) is 10.3. The molecule has 2 amide bonds. The van der Waals surface area contributed by atoms with E-state index in [4.69, 9.17) is 17.3 Å². The van der Waals surface area contributed by atoms with Crippen LogP contribution in [0, 0.1) is 5.41 Å². The number of carbonyl (C=O) groups is 3. The number of amidine groups is 1. The third kappa shape index (κ3) is 5.94. The molecule has 0 fully saturated rings. The van der Waals surface area contributed by atoms with Gasteiger partial charge < -0.3 is 26.1 Å². The first kappa shape index (κ1) is 22.0. The molecule has 0 bridgehead atoms. The van der Waals surface area contributed by atoms with Gasteiger partial charge in [0.15, 0.2) is 0 Å². The summed E-state index contributed by atoms with van der Waals surface area (Å²) in [5, 5.41) is 14.6. The van der Waals surface area contributed by atoms with Gasteiger partial charge in [0.05, 0.1) is 7.95 Å². The Hall–Kier alpha value is -4.21. The fourth-order valence-electron chi connectivity index (χ4n) is 3.34. The average molecular weight is 452 g/mol. The molecule has 0 aliphatic rings. The number of esters is 1. The minimum atomic E-state index is -1.05. The molecule has 3 aromatic rings. The van der Waals surface area contributed by atoms with Crippen LogP contribution in [0.3, 0.4) is 0 Å². The second kappa shape index (κ2) is 10.9. The second-order valence-corrected chi connectivity index (χ2v) is 7.17. The molecule has 0 saturated heterocycles. The molecular weight excluding hydrogens is 424 g/mol. The number of benzene rings is 2. The Morgan fingerprint density at radius 1 is 1.18 bits per heavy atom. The predicted molar refractivity (Wildman–Crippen MR) is 124 cm³/mol. The molecule has 172 valence electrons. The number of imidazole rings is 1. The van der Waals surface area contributed by atoms with Gasteiger partial charge in [-0.25, -0.2) is 4.98 Å². The highest BCUT2D eigenvalue weighted by Gasteiger charge is 2.25. The van der Waals surface area contributed by atoms with Crippen molar-refractivity contribution in [1.29, 1.82) is 5.41 Å². The second-order valence-electron chi connectivity index (χ2n) is 7.17. The number of amides is 2. The van der Waals surface area contributed by atoms with Crippen LogP contribution in [0.25, 0.3) is 10.8 Å². The lowest BCUT2D eigenvalue weighted by Crippen LogP contribution is -2.33. The summed E-state index contributed by atoms with van der Waals surface area (Å²) < 4.78 is 12.3. The maximum Gasteiger partial charge on any atom is 0.318 e. The molecule has 6 N–H and O–H groups in total. The molecule has 0 spiro atoms. The van der Waals surface area contributed by atoms with Crippen LogP contribution in [0.5, 0.6) is 0 Å². The van der Waals surface area contributed by atoms with Gasteiger partial charge in [0.25, 0.3) is 0 Å². The lowest BCUT2D eigenvalue weighted by Gasteiger charge is -2.14. The predicted octanol–water partition coefficient (Wildman–Crippen LogP) is 2.03. The zero-order valence-corrected chi connectivity index (χ0v) is 18.1. The molecule has 0 radical (unpaired) electrons. The van der Waals surface area contributed by atoms with Crippen LogP contribution in [0.4, 0.5) is 5.69 Å². The number of hydrogen-bond acceptors (Lipinski definition) is 6. The minimum Gasteiger partial charge on any atom is -0.465 e. The molecule has 0 saturated carbocycles. The first-order valence-electron chi connectivity index (χ1n) is 10.9. The van der Waals surface area contributed by atoms with Crippen molar-refractivity contribution in [1.82, 2.24) is 15.3 Å². The summed E-state index contributed by atoms with van der Waals surface area (Å²) in [4.78, 5) is 43.9. The standard InChI is InChI=1S/C23H26N6O4/c1-2-33-23(32)17(22-26-11-12-27-22)13-28-19(30)9-10-20(31)29-18-8-7-16(21(24)25)14-5-3-4-6-15(14)18/h3-8,11-12,17H,2,9-10,13H2,1H3,(H3,24,25)(H,26,27)(H,28,30)(H,29,31)/i2D. The zero-order chi connectivity index (χ0) is 24.7. The minimum absolute atomic E-state index is 0.0698. The van der Waals surface area contributed by atoms with E-state index in [0.717, 1.165) is 10.8 Å². The highest BCUT2D eigenvalue weighted by Crippen LogP contribution is 2.26. The molecule has 2 unspecified atom stereocenters. The summed E-state index contributed by atoms with van der Waals surface area (Å²) in [5.74, 6) is -2.12. The van der Waals surface area contributed by atoms with E-state index in [1.807, 2.05) is 24.3 Å². The highest BCUT2D eigenvalue weighted by molar-refractivity contribution is 6.12. The van der Waals surface area contributed by atoms with Crippen LogP contribution >= 0.6 is 0 Å². The van der Waals surface area contributed by atoms with Crippen LogP contribution in [-0.4, -0.2) is 46.7 Å². The van der Waals surface area contributed by atoms with Gasteiger partial charge in [-0.05, 0) is 24.4 Å². The van der Waals surface area contributed by atoms with E-state index >= 15 is 0 Å². The van der Waals surface area contributed by atoms with Crippen LogP contribution in [0.2, 0.25) is 0 Å². The number of nitrogens with one attached hydrogen (secondary N) is 4. The third-order valence-electron chi connectivity index (χ3n) is 4.94. The average Bonchev–Trinajstić information content (AvgIpc) is 3.32. The lowest BCUT2D eigenvalue weighted by atomic mass is 10.0. The number of nitrogens with two attached hydrogens (primary N) is 1. The van der Waals surface area contributed by atoms with Crippen LogP contribution in [-0.2, 0) is 19.1 Å². The number of rotatable bonds is 10. The Morgan fingerprint density at radius 3 is 2.58 bits per heavy atom. The summed E-state index contributed by atoms with van der Waals surface area (Å²) in [6.07, 6.45) is 2.84. The smallest absolute Gasteiger partial charge is 0.318 e. The van der Waals surface area contributed by atoms with Gasteiger partial charge in [-0.15, -0.1) is 0 Å². The van der Waals surface area contributed by atoms with Gasteiger partial charge >= 0.3 is 5.97 Å². The zero-order valence-electron chi connectivity index (χ0n) is 19.1. The molecule has 0 aliphatic heterocycles. The molecule has 1 aromatic heterocycles. The molecule has 33 heavy (non-hydrogen) atoms. The first-order chi connectivity index (χ1) is 16.3. The summed E-state index contributed by atoms with van der Waals surface area (Å²) in [5.41, 5.74) is 6.76. The van der Waals surface area contributed by atoms with Crippen molar-refractivity contribution in [3.63, 3.8) is 0 Å². The number of aromatic nitrogens is 2. The summed E-state index contributed by atoms with van der Waals surface area (Å²) >= 11 is 0. The van der Waals surface area contributed by atoms with Gasteiger partial charge in [0, 0.05) is 48.4 Å². The number of hydrogen-bond donors (Lipinski definition) is 5.